The van der Waals surface area contributed by atoms with Gasteiger partial charge in [-0.2, -0.15) is 0 Å². The number of hydrogen-bond donors (Lipinski definition) is 0. The number of rotatable bonds is 0. The van der Waals surface area contributed by atoms with E-state index in [2.05, 4.69) is 33.8 Å². The van der Waals surface area contributed by atoms with Gasteiger partial charge in [0.15, 0.2) is 0 Å². The Kier molecular flexibility index (Phi) is 1.85. The Labute approximate surface area is 98.3 Å². The normalized spacial score (nSPS) is 55.1. The second-order valence-electron chi connectivity index (χ2n) is 6.60. The van der Waals surface area contributed by atoms with Crippen molar-refractivity contribution in [1.82, 2.24) is 0 Å². The first-order valence-corrected chi connectivity index (χ1v) is 6.66. The van der Waals surface area contributed by atoms with Gasteiger partial charge >= 0.3 is 0 Å². The highest BCUT2D eigenvalue weighted by atomic mass is 16.1. The molecule has 88 valence electrons. The highest BCUT2D eigenvalue weighted by Crippen LogP contribution is 2.71. The van der Waals surface area contributed by atoms with Crippen LogP contribution in [0.5, 0.6) is 0 Å². The molecule has 0 aromatic rings. The van der Waals surface area contributed by atoms with Crippen LogP contribution in [0.1, 0.15) is 47.0 Å². The maximum absolute atomic E-state index is 12.4. The number of Topliss-reactive ketones (excluding diaryl/α,β-unsaturated/α-hetero) is 1. The zero-order valence-corrected chi connectivity index (χ0v) is 10.8. The van der Waals surface area contributed by atoms with E-state index >= 15 is 0 Å². The number of allylic oxidation sites excluding steroid dienone is 2. The maximum Gasteiger partial charge on any atom is 0.143 e. The fourth-order valence-corrected chi connectivity index (χ4v) is 5.25. The van der Waals surface area contributed by atoms with Crippen molar-refractivity contribution in [1.29, 1.82) is 0 Å². The Bertz CT molecular complexity index is 394. The van der Waals surface area contributed by atoms with E-state index in [9.17, 15) is 4.79 Å². The van der Waals surface area contributed by atoms with Gasteiger partial charge in [-0.05, 0) is 49.9 Å². The predicted octanol–water partition coefficient (Wildman–Crippen LogP) is 3.59. The Hall–Kier alpha value is -0.590. The van der Waals surface area contributed by atoms with Crippen LogP contribution in [-0.2, 0) is 4.79 Å². The minimum atomic E-state index is -0.133. The quantitative estimate of drug-likeness (QED) is 0.568. The largest absolute Gasteiger partial charge is 0.299 e. The molecule has 0 amide bonds. The first kappa shape index (κ1) is 10.6. The van der Waals surface area contributed by atoms with Crippen molar-refractivity contribution in [2.75, 3.05) is 0 Å². The smallest absolute Gasteiger partial charge is 0.143 e. The molecule has 3 aliphatic carbocycles. The Morgan fingerprint density at radius 3 is 2.75 bits per heavy atom. The van der Waals surface area contributed by atoms with Gasteiger partial charge in [-0.25, -0.2) is 0 Å². The summed E-state index contributed by atoms with van der Waals surface area (Å²) in [6, 6.07) is 0. The van der Waals surface area contributed by atoms with Crippen molar-refractivity contribution >= 4 is 5.78 Å². The molecule has 0 aromatic carbocycles. The molecule has 5 atom stereocenters. The van der Waals surface area contributed by atoms with E-state index in [-0.39, 0.29) is 10.8 Å². The summed E-state index contributed by atoms with van der Waals surface area (Å²) >= 11 is 0. The molecule has 2 fully saturated rings. The fourth-order valence-electron chi connectivity index (χ4n) is 5.25. The first-order chi connectivity index (χ1) is 7.43. The molecule has 0 aromatic heterocycles. The molecule has 0 heterocycles. The maximum atomic E-state index is 12.4. The van der Waals surface area contributed by atoms with Crippen LogP contribution in [0.3, 0.4) is 0 Å². The molecule has 3 aliphatic rings. The summed E-state index contributed by atoms with van der Waals surface area (Å²) in [4.78, 5) is 12.4. The molecule has 0 bridgehead atoms. The lowest BCUT2D eigenvalue weighted by Gasteiger charge is -2.41. The average molecular weight is 218 g/mol. The summed E-state index contributed by atoms with van der Waals surface area (Å²) < 4.78 is 0. The number of carbonyl (C=O) groups excluding carboxylic acids is 1. The van der Waals surface area contributed by atoms with Gasteiger partial charge in [0.25, 0.3) is 0 Å². The SMILES string of the molecule is CC1=C[C@]2(C)C(=O)C[C@H]3[C@H](C)CC[C@]32[C@@H]1C. The summed E-state index contributed by atoms with van der Waals surface area (Å²) in [7, 11) is 0. The third-order valence-corrected chi connectivity index (χ3v) is 6.29. The van der Waals surface area contributed by atoms with E-state index < -0.39 is 0 Å². The summed E-state index contributed by atoms with van der Waals surface area (Å²) in [5, 5.41) is 0. The number of carbonyl (C=O) groups is 1. The van der Waals surface area contributed by atoms with Crippen molar-refractivity contribution in [3.63, 3.8) is 0 Å². The van der Waals surface area contributed by atoms with E-state index in [1.54, 1.807) is 0 Å². The molecular formula is C15H22O. The fraction of sp³-hybridized carbons (Fsp3) is 0.800. The van der Waals surface area contributed by atoms with Gasteiger partial charge in [0.05, 0.1) is 5.41 Å². The predicted molar refractivity (Wildman–Crippen MR) is 65.0 cm³/mol. The van der Waals surface area contributed by atoms with Crippen LogP contribution in [0.4, 0.5) is 0 Å². The van der Waals surface area contributed by atoms with Gasteiger partial charge in [-0.3, -0.25) is 4.79 Å². The van der Waals surface area contributed by atoms with Crippen molar-refractivity contribution in [3.8, 4) is 0 Å². The Morgan fingerprint density at radius 1 is 1.38 bits per heavy atom. The van der Waals surface area contributed by atoms with Crippen LogP contribution in [-0.4, -0.2) is 5.78 Å². The van der Waals surface area contributed by atoms with Crippen LogP contribution in [0.25, 0.3) is 0 Å². The topological polar surface area (TPSA) is 17.1 Å². The summed E-state index contributed by atoms with van der Waals surface area (Å²) in [5.74, 6) is 2.51. The lowest BCUT2D eigenvalue weighted by atomic mass is 9.61. The molecule has 0 saturated heterocycles. The Balaban J connectivity index is 2.18. The third kappa shape index (κ3) is 0.846. The highest BCUT2D eigenvalue weighted by molar-refractivity contribution is 5.91. The molecular weight excluding hydrogens is 196 g/mol. The zero-order chi connectivity index (χ0) is 11.7. The molecule has 16 heavy (non-hydrogen) atoms. The van der Waals surface area contributed by atoms with Gasteiger partial charge in [-0.1, -0.05) is 25.5 Å². The zero-order valence-electron chi connectivity index (χ0n) is 10.8. The molecule has 2 saturated carbocycles. The number of hydrogen-bond acceptors (Lipinski definition) is 1. The van der Waals surface area contributed by atoms with Crippen LogP contribution in [0.2, 0.25) is 0 Å². The van der Waals surface area contributed by atoms with Gasteiger partial charge in [-0.15, -0.1) is 0 Å². The van der Waals surface area contributed by atoms with Gasteiger partial charge in [0.2, 0.25) is 0 Å². The first-order valence-electron chi connectivity index (χ1n) is 6.66. The second-order valence-corrected chi connectivity index (χ2v) is 6.60. The van der Waals surface area contributed by atoms with Crippen molar-refractivity contribution < 1.29 is 4.79 Å². The lowest BCUT2D eigenvalue weighted by molar-refractivity contribution is -0.126. The molecule has 0 aliphatic heterocycles. The average Bonchev–Trinajstić information content (AvgIpc) is 2.72. The summed E-state index contributed by atoms with van der Waals surface area (Å²) in [6.07, 6.45) is 5.72. The van der Waals surface area contributed by atoms with E-state index in [0.29, 0.717) is 17.6 Å². The molecule has 3 rings (SSSR count). The standard InChI is InChI=1S/C15H22O/c1-9-5-6-15-11(3)10(2)8-14(15,4)13(16)7-12(9)15/h8-9,11-12H,5-7H2,1-4H3/t9-,11-,12+,14-,15+/m1/s1. The third-order valence-electron chi connectivity index (χ3n) is 6.29. The minimum Gasteiger partial charge on any atom is -0.299 e. The molecule has 0 N–H and O–H groups in total. The van der Waals surface area contributed by atoms with Crippen LogP contribution >= 0.6 is 0 Å². The van der Waals surface area contributed by atoms with Gasteiger partial charge in [0.1, 0.15) is 5.78 Å². The van der Waals surface area contributed by atoms with Crippen molar-refractivity contribution in [2.24, 2.45) is 28.6 Å². The Morgan fingerprint density at radius 2 is 2.06 bits per heavy atom. The van der Waals surface area contributed by atoms with E-state index in [1.165, 1.54) is 18.4 Å². The molecule has 1 spiro atoms. The molecule has 1 heteroatoms. The summed E-state index contributed by atoms with van der Waals surface area (Å²) in [5.41, 5.74) is 1.61. The van der Waals surface area contributed by atoms with Crippen LogP contribution in [0.15, 0.2) is 11.6 Å². The highest BCUT2D eigenvalue weighted by Gasteiger charge is 2.69. The van der Waals surface area contributed by atoms with Gasteiger partial charge in [0, 0.05) is 6.42 Å². The molecule has 1 nitrogen and oxygen atoms in total. The molecule has 0 unspecified atom stereocenters. The van der Waals surface area contributed by atoms with E-state index in [4.69, 9.17) is 0 Å². The number of ketones is 1. The van der Waals surface area contributed by atoms with Crippen molar-refractivity contribution in [2.45, 2.75) is 47.0 Å². The second kappa shape index (κ2) is 2.80. The summed E-state index contributed by atoms with van der Waals surface area (Å²) in [6.45, 7) is 9.12. The minimum absolute atomic E-state index is 0.133. The van der Waals surface area contributed by atoms with E-state index in [0.717, 1.165) is 12.3 Å². The van der Waals surface area contributed by atoms with Gasteiger partial charge < -0.3 is 0 Å². The monoisotopic (exact) mass is 218 g/mol. The van der Waals surface area contributed by atoms with Crippen molar-refractivity contribution in [3.05, 3.63) is 11.6 Å². The van der Waals surface area contributed by atoms with Crippen LogP contribution in [0, 0.1) is 28.6 Å². The molecule has 0 radical (unpaired) electrons. The lowest BCUT2D eigenvalue weighted by Crippen LogP contribution is -2.40. The van der Waals surface area contributed by atoms with Crippen LogP contribution < -0.4 is 0 Å². The van der Waals surface area contributed by atoms with E-state index in [1.807, 2.05) is 0 Å².